The van der Waals surface area contributed by atoms with E-state index in [4.69, 9.17) is 11.6 Å². The molecular formula is C17H15ClN2OS. The molecular weight excluding hydrogens is 316 g/mol. The van der Waals surface area contributed by atoms with Gasteiger partial charge >= 0.3 is 0 Å². The van der Waals surface area contributed by atoms with Crippen molar-refractivity contribution in [1.29, 1.82) is 0 Å². The van der Waals surface area contributed by atoms with Gasteiger partial charge in [0.05, 0.1) is 26.0 Å². The first kappa shape index (κ1) is 15.0. The van der Waals surface area contributed by atoms with E-state index in [0.29, 0.717) is 16.4 Å². The van der Waals surface area contributed by atoms with Crippen molar-refractivity contribution in [2.75, 3.05) is 6.54 Å². The number of aromatic nitrogens is 1. The van der Waals surface area contributed by atoms with E-state index in [1.165, 1.54) is 11.3 Å². The molecule has 1 amide bonds. The summed E-state index contributed by atoms with van der Waals surface area (Å²) in [7, 11) is 0. The van der Waals surface area contributed by atoms with Gasteiger partial charge in [0.15, 0.2) is 0 Å². The number of thiophene rings is 1. The van der Waals surface area contributed by atoms with Crippen molar-refractivity contribution in [3.63, 3.8) is 0 Å². The summed E-state index contributed by atoms with van der Waals surface area (Å²) in [5, 5.41) is 3.80. The van der Waals surface area contributed by atoms with Gasteiger partial charge in [0, 0.05) is 11.9 Å². The number of hydrogen-bond donors (Lipinski definition) is 1. The van der Waals surface area contributed by atoms with Gasteiger partial charge in [0.25, 0.3) is 5.91 Å². The van der Waals surface area contributed by atoms with Crippen LogP contribution in [-0.2, 0) is 0 Å². The molecule has 0 radical (unpaired) electrons. The van der Waals surface area contributed by atoms with Crippen LogP contribution in [-0.4, -0.2) is 17.4 Å². The lowest BCUT2D eigenvalue weighted by Gasteiger charge is -2.09. The second-order valence-corrected chi connectivity index (χ2v) is 6.65. The van der Waals surface area contributed by atoms with Crippen molar-refractivity contribution in [1.82, 2.24) is 10.3 Å². The summed E-state index contributed by atoms with van der Waals surface area (Å²) in [4.78, 5) is 18.1. The van der Waals surface area contributed by atoms with Gasteiger partial charge in [-0.15, -0.1) is 11.3 Å². The lowest BCUT2D eigenvalue weighted by molar-refractivity contribution is 0.0955. The molecule has 0 spiro atoms. The zero-order valence-corrected chi connectivity index (χ0v) is 13.7. The molecule has 3 aromatic rings. The van der Waals surface area contributed by atoms with Gasteiger partial charge < -0.3 is 5.32 Å². The van der Waals surface area contributed by atoms with Crippen LogP contribution < -0.4 is 5.32 Å². The third kappa shape index (κ3) is 2.98. The lowest BCUT2D eigenvalue weighted by Crippen LogP contribution is -2.24. The lowest BCUT2D eigenvalue weighted by atomic mass is 10.1. The summed E-state index contributed by atoms with van der Waals surface area (Å²) in [6, 6.07) is 13.3. The fraction of sp³-hybridized carbons (Fsp3) is 0.176. The molecule has 0 aliphatic rings. The highest BCUT2D eigenvalue weighted by molar-refractivity contribution is 7.19. The first-order chi connectivity index (χ1) is 10.7. The number of rotatable bonds is 4. The summed E-state index contributed by atoms with van der Waals surface area (Å²) in [5.41, 5.74) is 2.24. The molecule has 2 aromatic heterocycles. The highest BCUT2D eigenvalue weighted by Crippen LogP contribution is 2.32. The van der Waals surface area contributed by atoms with Crippen molar-refractivity contribution in [2.24, 2.45) is 0 Å². The SMILES string of the molecule is CCCNC(=O)c1cc(-c2ccc(Cl)s2)nc2ccccc12. The second-order valence-electron chi connectivity index (χ2n) is 4.93. The third-order valence-corrected chi connectivity index (χ3v) is 4.58. The van der Waals surface area contributed by atoms with Crippen molar-refractivity contribution < 1.29 is 4.79 Å². The normalized spacial score (nSPS) is 10.8. The number of carbonyl (C=O) groups is 1. The van der Waals surface area contributed by atoms with Gasteiger partial charge in [0.1, 0.15) is 0 Å². The number of pyridine rings is 1. The first-order valence-corrected chi connectivity index (χ1v) is 8.32. The number of carbonyl (C=O) groups excluding carboxylic acids is 1. The fourth-order valence-corrected chi connectivity index (χ4v) is 3.28. The smallest absolute Gasteiger partial charge is 0.252 e. The highest BCUT2D eigenvalue weighted by atomic mass is 35.5. The minimum absolute atomic E-state index is 0.0654. The molecule has 0 saturated carbocycles. The summed E-state index contributed by atoms with van der Waals surface area (Å²) in [6.45, 7) is 2.69. The van der Waals surface area contributed by atoms with Crippen LogP contribution in [0.4, 0.5) is 0 Å². The van der Waals surface area contributed by atoms with Gasteiger partial charge in [-0.05, 0) is 30.7 Å². The molecule has 0 aliphatic carbocycles. The van der Waals surface area contributed by atoms with Crippen LogP contribution in [0.2, 0.25) is 4.34 Å². The Bertz CT molecular complexity index is 828. The topological polar surface area (TPSA) is 42.0 Å². The number of halogens is 1. The van der Waals surface area contributed by atoms with Gasteiger partial charge in [-0.2, -0.15) is 0 Å². The Labute approximate surface area is 138 Å². The molecule has 112 valence electrons. The maximum absolute atomic E-state index is 12.4. The predicted molar refractivity (Wildman–Crippen MR) is 92.7 cm³/mol. The summed E-state index contributed by atoms with van der Waals surface area (Å²) >= 11 is 7.47. The summed E-state index contributed by atoms with van der Waals surface area (Å²) < 4.78 is 0.710. The number of amides is 1. The van der Waals surface area contributed by atoms with Crippen LogP contribution in [0.1, 0.15) is 23.7 Å². The van der Waals surface area contributed by atoms with E-state index in [1.807, 2.05) is 49.4 Å². The molecule has 0 fully saturated rings. The van der Waals surface area contributed by atoms with Gasteiger partial charge in [-0.1, -0.05) is 36.7 Å². The minimum atomic E-state index is -0.0654. The van der Waals surface area contributed by atoms with Gasteiger partial charge in [-0.3, -0.25) is 4.79 Å². The van der Waals surface area contributed by atoms with Crippen LogP contribution in [0.5, 0.6) is 0 Å². The standard InChI is InChI=1S/C17H15ClN2OS/c1-2-9-19-17(21)12-10-14(15-7-8-16(18)22-15)20-13-6-4-3-5-11(12)13/h3-8,10H,2,9H2,1H3,(H,19,21). The molecule has 3 nitrogen and oxygen atoms in total. The van der Waals surface area contributed by atoms with Crippen LogP contribution in [0.3, 0.4) is 0 Å². The number of fused-ring (bicyclic) bond motifs is 1. The Morgan fingerprint density at radius 1 is 1.27 bits per heavy atom. The number of hydrogen-bond acceptors (Lipinski definition) is 3. The maximum atomic E-state index is 12.4. The average molecular weight is 331 g/mol. The zero-order chi connectivity index (χ0) is 15.5. The maximum Gasteiger partial charge on any atom is 0.252 e. The van der Waals surface area contributed by atoms with Crippen molar-refractivity contribution in [2.45, 2.75) is 13.3 Å². The Kier molecular flexibility index (Phi) is 4.41. The van der Waals surface area contributed by atoms with E-state index >= 15 is 0 Å². The Hall–Kier alpha value is -1.91. The fourth-order valence-electron chi connectivity index (χ4n) is 2.28. The first-order valence-electron chi connectivity index (χ1n) is 7.12. The Balaban J connectivity index is 2.14. The predicted octanol–water partition coefficient (Wildman–Crippen LogP) is 4.76. The van der Waals surface area contributed by atoms with Gasteiger partial charge in [0.2, 0.25) is 0 Å². The van der Waals surface area contributed by atoms with Crippen molar-refractivity contribution >= 4 is 39.7 Å². The third-order valence-electron chi connectivity index (χ3n) is 3.32. The summed E-state index contributed by atoms with van der Waals surface area (Å²) in [5.74, 6) is -0.0654. The van der Waals surface area contributed by atoms with E-state index in [9.17, 15) is 4.79 Å². The second kappa shape index (κ2) is 6.46. The van der Waals surface area contributed by atoms with E-state index in [2.05, 4.69) is 10.3 Å². The van der Waals surface area contributed by atoms with Crippen LogP contribution in [0.15, 0.2) is 42.5 Å². The molecule has 0 atom stereocenters. The number of benzene rings is 1. The quantitative estimate of drug-likeness (QED) is 0.749. The minimum Gasteiger partial charge on any atom is -0.352 e. The van der Waals surface area contributed by atoms with Crippen LogP contribution in [0.25, 0.3) is 21.5 Å². The largest absolute Gasteiger partial charge is 0.352 e. The molecule has 1 aromatic carbocycles. The summed E-state index contributed by atoms with van der Waals surface area (Å²) in [6.07, 6.45) is 0.905. The van der Waals surface area contributed by atoms with E-state index in [-0.39, 0.29) is 5.91 Å². The molecule has 0 bridgehead atoms. The molecule has 3 rings (SSSR count). The van der Waals surface area contributed by atoms with E-state index < -0.39 is 0 Å². The zero-order valence-electron chi connectivity index (χ0n) is 12.1. The van der Waals surface area contributed by atoms with Gasteiger partial charge in [-0.25, -0.2) is 4.98 Å². The molecule has 0 aliphatic heterocycles. The molecule has 0 saturated heterocycles. The number of nitrogens with zero attached hydrogens (tertiary/aromatic N) is 1. The Morgan fingerprint density at radius 2 is 2.09 bits per heavy atom. The van der Waals surface area contributed by atoms with E-state index in [0.717, 1.165) is 27.9 Å². The van der Waals surface area contributed by atoms with E-state index in [1.54, 1.807) is 0 Å². The van der Waals surface area contributed by atoms with Crippen molar-refractivity contribution in [3.8, 4) is 10.6 Å². The molecule has 2 heterocycles. The number of para-hydroxylation sites is 1. The monoisotopic (exact) mass is 330 g/mol. The molecule has 1 N–H and O–H groups in total. The number of nitrogens with one attached hydrogen (secondary N) is 1. The molecule has 5 heteroatoms. The van der Waals surface area contributed by atoms with Crippen molar-refractivity contribution in [3.05, 3.63) is 52.4 Å². The molecule has 22 heavy (non-hydrogen) atoms. The highest BCUT2D eigenvalue weighted by Gasteiger charge is 2.14. The van der Waals surface area contributed by atoms with Crippen LogP contribution in [0, 0.1) is 0 Å². The molecule has 0 unspecified atom stereocenters. The Morgan fingerprint density at radius 3 is 2.82 bits per heavy atom. The van der Waals surface area contributed by atoms with Crippen LogP contribution >= 0.6 is 22.9 Å². The average Bonchev–Trinajstić information content (AvgIpc) is 2.98.